The Morgan fingerprint density at radius 3 is 2.42 bits per heavy atom. The average Bonchev–Trinajstić information content (AvgIpc) is 2.59. The van der Waals surface area contributed by atoms with Crippen LogP contribution >= 0.6 is 0 Å². The van der Waals surface area contributed by atoms with E-state index in [0.717, 1.165) is 18.5 Å². The van der Waals surface area contributed by atoms with Crippen molar-refractivity contribution in [1.82, 2.24) is 0 Å². The van der Waals surface area contributed by atoms with E-state index in [1.807, 2.05) is 18.2 Å². The summed E-state index contributed by atoms with van der Waals surface area (Å²) >= 11 is 0. The van der Waals surface area contributed by atoms with Gasteiger partial charge in [-0.25, -0.2) is 0 Å². The molecule has 0 fully saturated rings. The van der Waals surface area contributed by atoms with Crippen molar-refractivity contribution in [2.45, 2.75) is 19.8 Å². The number of rotatable bonds is 2. The van der Waals surface area contributed by atoms with E-state index in [0.29, 0.717) is 0 Å². The second kappa shape index (κ2) is 11.6. The standard InChI is InChI=1S/C15H17N.3Ar/c1-3-4-11(2)7-12-8-13-5-6-15(16)10-14(13)9-12;;;/h3-7,10H,1,8-9,16H2,2H3;;;/b11-4-,12-7+;;;. The van der Waals surface area contributed by atoms with Crippen LogP contribution in [0.3, 0.4) is 0 Å². The molecule has 0 aromatic heterocycles. The quantitative estimate of drug-likeness (QED) is 0.652. The van der Waals surface area contributed by atoms with Crippen molar-refractivity contribution >= 4 is 5.69 Å². The van der Waals surface area contributed by atoms with Gasteiger partial charge in [0, 0.05) is 119 Å². The molecule has 1 aromatic carbocycles. The molecule has 2 N–H and O–H groups in total. The van der Waals surface area contributed by atoms with Crippen LogP contribution < -0.4 is 5.73 Å². The number of nitrogens with two attached hydrogens (primary N) is 1. The van der Waals surface area contributed by atoms with Crippen molar-refractivity contribution in [1.29, 1.82) is 0 Å². The molecule has 1 aliphatic carbocycles. The van der Waals surface area contributed by atoms with Crippen molar-refractivity contribution in [2.24, 2.45) is 0 Å². The fraction of sp³-hybridized carbons (Fsp3) is 0.200. The van der Waals surface area contributed by atoms with Crippen LogP contribution in [0.15, 0.2) is 54.2 Å². The minimum absolute atomic E-state index is 0. The molecule has 0 unspecified atom stereocenters. The summed E-state index contributed by atoms with van der Waals surface area (Å²) in [7, 11) is 0. The summed E-state index contributed by atoms with van der Waals surface area (Å²) in [6, 6.07) is 6.20. The molecule has 4 heteroatoms. The molecular formula is C15H17Ar3N. The number of nitrogen functional groups attached to an aromatic ring is 1. The molecule has 2 rings (SSSR count). The van der Waals surface area contributed by atoms with E-state index in [4.69, 9.17) is 5.73 Å². The van der Waals surface area contributed by atoms with Gasteiger partial charge in [-0.3, -0.25) is 0 Å². The Bertz CT molecular complexity index is 490. The second-order valence-corrected chi connectivity index (χ2v) is 4.33. The number of hydrogen-bond donors (Lipinski definition) is 1. The fourth-order valence-electron chi connectivity index (χ4n) is 2.19. The number of benzene rings is 1. The molecule has 0 saturated carbocycles. The Balaban J connectivity index is 0. The van der Waals surface area contributed by atoms with Gasteiger partial charge in [0.05, 0.1) is 0 Å². The van der Waals surface area contributed by atoms with Crippen LogP contribution in [-0.4, -0.2) is 0 Å². The Morgan fingerprint density at radius 1 is 1.16 bits per heavy atom. The molecular weight excluding hydrogens is 314 g/mol. The van der Waals surface area contributed by atoms with Gasteiger partial charge in [-0.15, -0.1) is 0 Å². The summed E-state index contributed by atoms with van der Waals surface area (Å²) in [5.74, 6) is 0. The van der Waals surface area contributed by atoms with Crippen molar-refractivity contribution in [3.63, 3.8) is 0 Å². The molecule has 19 heavy (non-hydrogen) atoms. The zero-order chi connectivity index (χ0) is 11.5. The van der Waals surface area contributed by atoms with Crippen molar-refractivity contribution in [3.8, 4) is 0 Å². The zero-order valence-electron chi connectivity index (χ0n) is 10.7. The minimum Gasteiger partial charge on any atom is -0.399 e. The Kier molecular flexibility index (Phi) is 14.2. The maximum Gasteiger partial charge on any atom is 0.0317 e. The average molecular weight is 331 g/mol. The molecule has 0 amide bonds. The van der Waals surface area contributed by atoms with Crippen LogP contribution in [-0.2, 0) is 12.8 Å². The van der Waals surface area contributed by atoms with Crippen LogP contribution in [0, 0.1) is 113 Å². The van der Waals surface area contributed by atoms with E-state index in [1.165, 1.54) is 22.3 Å². The maximum absolute atomic E-state index is 5.78. The van der Waals surface area contributed by atoms with Crippen LogP contribution in [0.25, 0.3) is 0 Å². The van der Waals surface area contributed by atoms with E-state index in [9.17, 15) is 0 Å². The fourth-order valence-corrected chi connectivity index (χ4v) is 2.19. The molecule has 0 bridgehead atoms. The Hall–Kier alpha value is 2.02. The van der Waals surface area contributed by atoms with Gasteiger partial charge in [0.25, 0.3) is 0 Å². The van der Waals surface area contributed by atoms with Crippen LogP contribution in [0.4, 0.5) is 5.69 Å². The van der Waals surface area contributed by atoms with Gasteiger partial charge >= 0.3 is 0 Å². The second-order valence-electron chi connectivity index (χ2n) is 4.33. The summed E-state index contributed by atoms with van der Waals surface area (Å²) in [5.41, 5.74) is 12.1. The van der Waals surface area contributed by atoms with Crippen molar-refractivity contribution < 1.29 is 113 Å². The smallest absolute Gasteiger partial charge is 0.0317 e. The Labute approximate surface area is 205 Å². The van der Waals surface area contributed by atoms with Gasteiger partial charge in [-0.2, -0.15) is 0 Å². The molecule has 1 aromatic rings. The molecule has 0 atom stereocenters. The van der Waals surface area contributed by atoms with Crippen LogP contribution in [0.2, 0.25) is 0 Å². The van der Waals surface area contributed by atoms with Gasteiger partial charge < -0.3 is 5.73 Å². The molecule has 106 valence electrons. The van der Waals surface area contributed by atoms with Crippen LogP contribution in [0.1, 0.15) is 18.1 Å². The van der Waals surface area contributed by atoms with E-state index < -0.39 is 0 Å². The number of allylic oxidation sites excluding steroid dienone is 5. The molecule has 0 spiro atoms. The molecule has 0 aliphatic heterocycles. The Morgan fingerprint density at radius 2 is 1.79 bits per heavy atom. The minimum atomic E-state index is 0. The van der Waals surface area contributed by atoms with Gasteiger partial charge in [0.15, 0.2) is 0 Å². The summed E-state index contributed by atoms with van der Waals surface area (Å²) in [4.78, 5) is 0. The topological polar surface area (TPSA) is 26.0 Å². The third-order valence-electron chi connectivity index (χ3n) is 2.88. The van der Waals surface area contributed by atoms with Gasteiger partial charge in [-0.05, 0) is 43.0 Å². The SMILES string of the molecule is C=C/C=C(C)\C=C1/Cc2ccc(N)cc2C1.[Ar].[Ar].[Ar]. The molecule has 0 heterocycles. The first-order chi connectivity index (χ1) is 7.69. The zero-order valence-corrected chi connectivity index (χ0v) is 12.8. The van der Waals surface area contributed by atoms with Gasteiger partial charge in [-0.1, -0.05) is 42.0 Å². The largest absolute Gasteiger partial charge is 0.399 e. The summed E-state index contributed by atoms with van der Waals surface area (Å²) in [6.07, 6.45) is 8.19. The van der Waals surface area contributed by atoms with E-state index in [2.05, 4.69) is 31.7 Å². The molecule has 1 aliphatic rings. The molecule has 1 nitrogen and oxygen atoms in total. The maximum atomic E-state index is 5.78. The first-order valence-corrected chi connectivity index (χ1v) is 5.55. The third kappa shape index (κ3) is 7.21. The van der Waals surface area contributed by atoms with Crippen LogP contribution in [0.5, 0.6) is 0 Å². The number of fused-ring (bicyclic) bond motifs is 1. The molecule has 0 radical (unpaired) electrons. The number of hydrogen-bond acceptors (Lipinski definition) is 1. The summed E-state index contributed by atoms with van der Waals surface area (Å²) in [5, 5.41) is 0. The predicted molar refractivity (Wildman–Crippen MR) is 70.3 cm³/mol. The molecule has 0 saturated heterocycles. The summed E-state index contributed by atoms with van der Waals surface area (Å²) in [6.45, 7) is 5.81. The predicted octanol–water partition coefficient (Wildman–Crippen LogP) is 3.43. The van der Waals surface area contributed by atoms with Gasteiger partial charge in [0.2, 0.25) is 0 Å². The van der Waals surface area contributed by atoms with E-state index >= 15 is 0 Å². The first-order valence-electron chi connectivity index (χ1n) is 5.55. The van der Waals surface area contributed by atoms with Crippen molar-refractivity contribution in [3.05, 3.63) is 65.3 Å². The first kappa shape index (κ1) is 23.3. The normalized spacial score (nSPS) is 14.8. The third-order valence-corrected chi connectivity index (χ3v) is 2.88. The summed E-state index contributed by atoms with van der Waals surface area (Å²) < 4.78 is 0. The van der Waals surface area contributed by atoms with E-state index in [1.54, 1.807) is 0 Å². The van der Waals surface area contributed by atoms with E-state index in [-0.39, 0.29) is 113 Å². The van der Waals surface area contributed by atoms with Crippen molar-refractivity contribution in [2.75, 3.05) is 5.73 Å². The van der Waals surface area contributed by atoms with Gasteiger partial charge in [0.1, 0.15) is 0 Å². The number of anilines is 1. The monoisotopic (exact) mass is 331 g/mol.